The van der Waals surface area contributed by atoms with Gasteiger partial charge in [-0.15, -0.1) is 0 Å². The number of hydrogen-bond acceptors (Lipinski definition) is 5. The molecule has 4 rings (SSSR count). The molecule has 5 nitrogen and oxygen atoms in total. The second-order valence-corrected chi connectivity index (χ2v) is 7.86. The van der Waals surface area contributed by atoms with Crippen LogP contribution in [0.1, 0.15) is 19.3 Å². The second-order valence-electron chi connectivity index (χ2n) is 6.39. The Balaban J connectivity index is 1.65. The average molecular weight is 454 g/mol. The summed E-state index contributed by atoms with van der Waals surface area (Å²) >= 11 is 15.1. The van der Waals surface area contributed by atoms with Gasteiger partial charge in [0.2, 0.25) is 0 Å². The molecule has 2 atom stereocenters. The van der Waals surface area contributed by atoms with Crippen molar-refractivity contribution in [2.75, 3.05) is 19.7 Å². The molecule has 2 aliphatic rings. The third kappa shape index (κ3) is 2.97. The van der Waals surface area contributed by atoms with Crippen LogP contribution in [-0.2, 0) is 0 Å². The Labute approximate surface area is 160 Å². The number of fused-ring (bicyclic) bond motifs is 2. The van der Waals surface area contributed by atoms with E-state index in [0.717, 1.165) is 19.4 Å². The molecule has 0 aromatic carbocycles. The van der Waals surface area contributed by atoms with E-state index in [2.05, 4.69) is 35.8 Å². The first-order chi connectivity index (χ1) is 11.9. The molecule has 0 aliphatic carbocycles. The lowest BCUT2D eigenvalue weighted by molar-refractivity contribution is 0.107. The van der Waals surface area contributed by atoms with Crippen molar-refractivity contribution in [2.45, 2.75) is 31.0 Å². The first-order valence-electron chi connectivity index (χ1n) is 7.79. The summed E-state index contributed by atoms with van der Waals surface area (Å²) in [6, 6.07) is -0.0610. The highest BCUT2D eigenvalue weighted by Crippen LogP contribution is 2.40. The highest BCUT2D eigenvalue weighted by molar-refractivity contribution is 9.10. The van der Waals surface area contributed by atoms with E-state index in [1.165, 1.54) is 0 Å². The van der Waals surface area contributed by atoms with E-state index >= 15 is 0 Å². The van der Waals surface area contributed by atoms with E-state index < -0.39 is 12.0 Å². The number of hydrogen-bond donors (Lipinski definition) is 0. The summed E-state index contributed by atoms with van der Waals surface area (Å²) in [5.41, 5.74) is -0.420. The highest BCUT2D eigenvalue weighted by Gasteiger charge is 2.49. The fourth-order valence-corrected chi connectivity index (χ4v) is 4.95. The molecule has 4 heterocycles. The van der Waals surface area contributed by atoms with Gasteiger partial charge in [-0.1, -0.05) is 23.2 Å². The normalized spacial score (nSPS) is 26.4. The molecule has 2 saturated heterocycles. The fraction of sp³-hybridized carbons (Fsp3) is 0.533. The lowest BCUT2D eigenvalue weighted by atomic mass is 9.95. The minimum absolute atomic E-state index is 0.00510. The van der Waals surface area contributed by atoms with Crippen molar-refractivity contribution < 1.29 is 13.5 Å². The van der Waals surface area contributed by atoms with Crippen molar-refractivity contribution in [3.63, 3.8) is 0 Å². The summed E-state index contributed by atoms with van der Waals surface area (Å²) in [7, 11) is 0. The van der Waals surface area contributed by atoms with Gasteiger partial charge in [0.05, 0.1) is 10.9 Å². The van der Waals surface area contributed by atoms with E-state index in [4.69, 9.17) is 27.9 Å². The van der Waals surface area contributed by atoms with E-state index in [0.29, 0.717) is 13.0 Å². The summed E-state index contributed by atoms with van der Waals surface area (Å²) in [5, 5.41) is -0.0940. The topological polar surface area (TPSA) is 51.1 Å². The van der Waals surface area contributed by atoms with Gasteiger partial charge in [0.1, 0.15) is 28.1 Å². The lowest BCUT2D eigenvalue weighted by Gasteiger charge is -2.30. The van der Waals surface area contributed by atoms with Crippen LogP contribution in [0.15, 0.2) is 4.60 Å². The van der Waals surface area contributed by atoms with Crippen LogP contribution in [0.3, 0.4) is 0 Å². The van der Waals surface area contributed by atoms with Crippen LogP contribution in [0.5, 0.6) is 6.01 Å². The van der Waals surface area contributed by atoms with E-state index in [-0.39, 0.29) is 44.0 Å². The standard InChI is InChI=1S/C15H13BrCl2F2N4O/c16-11-8-10(9(20)13(18)22-11)21-14(23-12(8)17)25-6-15-2-1-3-24(15)5-7(19)4-15/h7H,1-6H2/t7-,15+/m1/s1. The van der Waals surface area contributed by atoms with Crippen molar-refractivity contribution in [1.82, 2.24) is 19.9 Å². The fourth-order valence-electron chi connectivity index (χ4n) is 3.76. The Hall–Kier alpha value is -0.830. The molecule has 2 fully saturated rings. The summed E-state index contributed by atoms with van der Waals surface area (Å²) in [4.78, 5) is 14.1. The molecule has 0 radical (unpaired) electrons. The van der Waals surface area contributed by atoms with Crippen LogP contribution in [-0.4, -0.2) is 51.3 Å². The Bertz CT molecular complexity index is 858. The summed E-state index contributed by atoms with van der Waals surface area (Å²) < 4.78 is 34.0. The van der Waals surface area contributed by atoms with Gasteiger partial charge < -0.3 is 4.74 Å². The van der Waals surface area contributed by atoms with Gasteiger partial charge in [-0.05, 0) is 35.3 Å². The second kappa shape index (κ2) is 6.40. The monoisotopic (exact) mass is 452 g/mol. The van der Waals surface area contributed by atoms with Gasteiger partial charge in [0.25, 0.3) is 0 Å². The first-order valence-corrected chi connectivity index (χ1v) is 9.34. The minimum atomic E-state index is -0.858. The number of rotatable bonds is 3. The molecule has 134 valence electrons. The van der Waals surface area contributed by atoms with Crippen molar-refractivity contribution in [3.05, 3.63) is 20.7 Å². The zero-order valence-electron chi connectivity index (χ0n) is 12.9. The molecule has 2 aliphatic heterocycles. The Morgan fingerprint density at radius 3 is 2.88 bits per heavy atom. The third-order valence-electron chi connectivity index (χ3n) is 4.87. The van der Waals surface area contributed by atoms with Gasteiger partial charge in [0.15, 0.2) is 11.0 Å². The van der Waals surface area contributed by atoms with Crippen LogP contribution in [0, 0.1) is 5.82 Å². The largest absolute Gasteiger partial charge is 0.461 e. The SMILES string of the molecule is Fc1c(Cl)nc(Br)c2c(Cl)nc(OC[C@@]34CCCN3C[C@H](F)C4)nc12. The Morgan fingerprint density at radius 1 is 1.28 bits per heavy atom. The highest BCUT2D eigenvalue weighted by atomic mass is 79.9. The van der Waals surface area contributed by atoms with Crippen LogP contribution >= 0.6 is 39.1 Å². The van der Waals surface area contributed by atoms with Crippen LogP contribution in [0.25, 0.3) is 10.9 Å². The Morgan fingerprint density at radius 2 is 2.08 bits per heavy atom. The van der Waals surface area contributed by atoms with E-state index in [1.807, 2.05) is 0 Å². The molecule has 0 unspecified atom stereocenters. The zero-order chi connectivity index (χ0) is 17.8. The molecule has 25 heavy (non-hydrogen) atoms. The number of pyridine rings is 1. The zero-order valence-corrected chi connectivity index (χ0v) is 16.0. The maximum atomic E-state index is 14.3. The summed E-state index contributed by atoms with van der Waals surface area (Å²) in [6.07, 6.45) is 1.41. The van der Waals surface area contributed by atoms with Gasteiger partial charge >= 0.3 is 6.01 Å². The van der Waals surface area contributed by atoms with Crippen molar-refractivity contribution in [2.24, 2.45) is 0 Å². The lowest BCUT2D eigenvalue weighted by Crippen LogP contribution is -2.43. The van der Waals surface area contributed by atoms with Gasteiger partial charge in [-0.25, -0.2) is 13.8 Å². The molecule has 0 amide bonds. The van der Waals surface area contributed by atoms with E-state index in [9.17, 15) is 8.78 Å². The van der Waals surface area contributed by atoms with Crippen molar-refractivity contribution in [1.29, 1.82) is 0 Å². The molecule has 0 bridgehead atoms. The number of ether oxygens (including phenoxy) is 1. The first kappa shape index (κ1) is 17.6. The number of alkyl halides is 1. The van der Waals surface area contributed by atoms with Crippen molar-refractivity contribution in [3.8, 4) is 6.01 Å². The molecule has 0 spiro atoms. The maximum Gasteiger partial charge on any atom is 0.318 e. The summed E-state index contributed by atoms with van der Waals surface area (Å²) in [6.45, 7) is 1.51. The van der Waals surface area contributed by atoms with Crippen LogP contribution in [0.4, 0.5) is 8.78 Å². The number of halogens is 5. The van der Waals surface area contributed by atoms with E-state index in [1.54, 1.807) is 0 Å². The predicted octanol–water partition coefficient (Wildman–Crippen LogP) is 4.19. The number of nitrogens with zero attached hydrogens (tertiary/aromatic N) is 4. The maximum absolute atomic E-state index is 14.3. The molecule has 0 N–H and O–H groups in total. The smallest absolute Gasteiger partial charge is 0.318 e. The summed E-state index contributed by atoms with van der Waals surface area (Å²) in [5.74, 6) is -0.792. The molecule has 2 aromatic heterocycles. The average Bonchev–Trinajstić information content (AvgIpc) is 3.06. The third-order valence-corrected chi connectivity index (χ3v) is 5.96. The quantitative estimate of drug-likeness (QED) is 0.515. The molecular weight excluding hydrogens is 441 g/mol. The van der Waals surface area contributed by atoms with Gasteiger partial charge in [-0.2, -0.15) is 9.97 Å². The van der Waals surface area contributed by atoms with Gasteiger partial charge in [0, 0.05) is 13.0 Å². The molecule has 2 aromatic rings. The van der Waals surface area contributed by atoms with Crippen LogP contribution < -0.4 is 4.74 Å². The predicted molar refractivity (Wildman–Crippen MR) is 93.6 cm³/mol. The number of aromatic nitrogens is 3. The Kier molecular flexibility index (Phi) is 4.50. The molecule has 10 heteroatoms. The van der Waals surface area contributed by atoms with Crippen molar-refractivity contribution >= 4 is 50.0 Å². The van der Waals surface area contributed by atoms with Gasteiger partial charge in [-0.3, -0.25) is 4.90 Å². The molecular formula is C15H13BrCl2F2N4O. The van der Waals surface area contributed by atoms with Crippen LogP contribution in [0.2, 0.25) is 10.3 Å². The minimum Gasteiger partial charge on any atom is -0.461 e. The molecule has 0 saturated carbocycles.